The topological polar surface area (TPSA) is 57.6 Å². The van der Waals surface area contributed by atoms with Crippen molar-refractivity contribution in [3.63, 3.8) is 0 Å². The van der Waals surface area contributed by atoms with Gasteiger partial charge in [0.1, 0.15) is 6.54 Å². The molecule has 4 heteroatoms. The maximum atomic E-state index is 12.7. The second-order valence-corrected chi connectivity index (χ2v) is 7.53. The van der Waals surface area contributed by atoms with Gasteiger partial charge in [0.15, 0.2) is 0 Å². The Balaban J connectivity index is 2.67. The van der Waals surface area contributed by atoms with Crippen LogP contribution in [-0.2, 0) is 9.59 Å². The smallest absolute Gasteiger partial charge is 0.323 e. The Morgan fingerprint density at radius 1 is 1.19 bits per heavy atom. The molecule has 0 aromatic heterocycles. The van der Waals surface area contributed by atoms with Crippen LogP contribution in [-0.4, -0.2) is 34.5 Å². The predicted octanol–water partition coefficient (Wildman–Crippen LogP) is 3.55. The molecule has 122 valence electrons. The van der Waals surface area contributed by atoms with Crippen LogP contribution in [0.1, 0.15) is 66.7 Å². The third-order valence-electron chi connectivity index (χ3n) is 5.01. The molecule has 21 heavy (non-hydrogen) atoms. The van der Waals surface area contributed by atoms with Crippen LogP contribution in [0.4, 0.5) is 0 Å². The van der Waals surface area contributed by atoms with Crippen molar-refractivity contribution in [2.24, 2.45) is 17.3 Å². The molecule has 1 amide bonds. The lowest BCUT2D eigenvalue weighted by molar-refractivity contribution is -0.149. The standard InChI is InChI=1S/C17H31NO3/c1-6-12(2)18(11-15(19)20)16(21)13-7-9-14(10-8-13)17(3,4)5/h12-14H,6-11H2,1-5H3,(H,19,20). The third-order valence-corrected chi connectivity index (χ3v) is 5.01. The van der Waals surface area contributed by atoms with E-state index >= 15 is 0 Å². The van der Waals surface area contributed by atoms with Crippen molar-refractivity contribution in [1.29, 1.82) is 0 Å². The molecule has 4 nitrogen and oxygen atoms in total. The molecule has 0 aliphatic heterocycles. The molecule has 1 rings (SSSR count). The number of hydrogen-bond donors (Lipinski definition) is 1. The minimum Gasteiger partial charge on any atom is -0.480 e. The average Bonchev–Trinajstić information content (AvgIpc) is 2.42. The molecule has 0 radical (unpaired) electrons. The Bertz CT molecular complexity index is 365. The lowest BCUT2D eigenvalue weighted by Crippen LogP contribution is -2.46. The zero-order valence-corrected chi connectivity index (χ0v) is 14.2. The molecule has 1 saturated carbocycles. The summed E-state index contributed by atoms with van der Waals surface area (Å²) in [5.41, 5.74) is 0.297. The van der Waals surface area contributed by atoms with Crippen molar-refractivity contribution < 1.29 is 14.7 Å². The van der Waals surface area contributed by atoms with Crippen LogP contribution in [0.2, 0.25) is 0 Å². The highest BCUT2D eigenvalue weighted by Crippen LogP contribution is 2.40. The van der Waals surface area contributed by atoms with Crippen molar-refractivity contribution in [2.75, 3.05) is 6.54 Å². The van der Waals surface area contributed by atoms with Gasteiger partial charge in [0, 0.05) is 12.0 Å². The first kappa shape index (κ1) is 18.0. The number of carbonyl (C=O) groups excluding carboxylic acids is 1. The fourth-order valence-electron chi connectivity index (χ4n) is 3.26. The molecule has 0 saturated heterocycles. The summed E-state index contributed by atoms with van der Waals surface area (Å²) in [6.07, 6.45) is 4.72. The van der Waals surface area contributed by atoms with Crippen LogP contribution in [0.25, 0.3) is 0 Å². The Morgan fingerprint density at radius 3 is 2.10 bits per heavy atom. The first-order valence-electron chi connectivity index (χ1n) is 8.19. The van der Waals surface area contributed by atoms with E-state index in [0.29, 0.717) is 11.3 Å². The van der Waals surface area contributed by atoms with Crippen molar-refractivity contribution in [2.45, 2.75) is 72.8 Å². The molecule has 1 aliphatic rings. The average molecular weight is 297 g/mol. The van der Waals surface area contributed by atoms with E-state index in [-0.39, 0.29) is 24.4 Å². The van der Waals surface area contributed by atoms with Crippen LogP contribution in [0, 0.1) is 17.3 Å². The zero-order valence-electron chi connectivity index (χ0n) is 14.2. The number of rotatable bonds is 5. The summed E-state index contributed by atoms with van der Waals surface area (Å²) in [5, 5.41) is 9.03. The summed E-state index contributed by atoms with van der Waals surface area (Å²) in [6, 6.07) is -0.00561. The van der Waals surface area contributed by atoms with Crippen LogP contribution in [0.3, 0.4) is 0 Å². The summed E-state index contributed by atoms with van der Waals surface area (Å²) >= 11 is 0. The van der Waals surface area contributed by atoms with Crippen LogP contribution >= 0.6 is 0 Å². The lowest BCUT2D eigenvalue weighted by atomic mass is 9.69. The maximum absolute atomic E-state index is 12.7. The van der Waals surface area contributed by atoms with Gasteiger partial charge in [-0.1, -0.05) is 27.7 Å². The highest BCUT2D eigenvalue weighted by Gasteiger charge is 2.35. The number of amides is 1. The second-order valence-electron chi connectivity index (χ2n) is 7.53. The summed E-state index contributed by atoms with van der Waals surface area (Å²) in [7, 11) is 0. The van der Waals surface area contributed by atoms with Gasteiger partial charge in [-0.25, -0.2) is 0 Å². The quantitative estimate of drug-likeness (QED) is 0.844. The highest BCUT2D eigenvalue weighted by atomic mass is 16.4. The van der Waals surface area contributed by atoms with E-state index < -0.39 is 5.97 Å². The van der Waals surface area contributed by atoms with Crippen LogP contribution in [0.5, 0.6) is 0 Å². The summed E-state index contributed by atoms with van der Waals surface area (Å²) in [5.74, 6) is -0.207. The monoisotopic (exact) mass is 297 g/mol. The van der Waals surface area contributed by atoms with Gasteiger partial charge in [0.05, 0.1) is 0 Å². The molecule has 0 bridgehead atoms. The summed E-state index contributed by atoms with van der Waals surface area (Å²) in [6.45, 7) is 10.5. The Labute approximate surface area is 128 Å². The molecular weight excluding hydrogens is 266 g/mol. The molecule has 1 fully saturated rings. The van der Waals surface area contributed by atoms with E-state index in [9.17, 15) is 9.59 Å². The van der Waals surface area contributed by atoms with E-state index in [1.807, 2.05) is 13.8 Å². The number of carbonyl (C=O) groups is 2. The molecule has 0 aromatic rings. The molecule has 1 N–H and O–H groups in total. The van der Waals surface area contributed by atoms with Gasteiger partial charge in [-0.05, 0) is 50.4 Å². The molecule has 0 aromatic carbocycles. The van der Waals surface area contributed by atoms with Gasteiger partial charge < -0.3 is 10.0 Å². The Morgan fingerprint density at radius 2 is 1.71 bits per heavy atom. The maximum Gasteiger partial charge on any atom is 0.323 e. The fraction of sp³-hybridized carbons (Fsp3) is 0.882. The van der Waals surface area contributed by atoms with Crippen molar-refractivity contribution >= 4 is 11.9 Å². The number of carboxylic acid groups (broad SMARTS) is 1. The first-order chi connectivity index (χ1) is 9.66. The van der Waals surface area contributed by atoms with Crippen molar-refractivity contribution in [1.82, 2.24) is 4.90 Å². The predicted molar refractivity (Wildman–Crippen MR) is 84.0 cm³/mol. The summed E-state index contributed by atoms with van der Waals surface area (Å²) in [4.78, 5) is 25.2. The van der Waals surface area contributed by atoms with E-state index in [2.05, 4.69) is 20.8 Å². The lowest BCUT2D eigenvalue weighted by Gasteiger charge is -2.38. The van der Waals surface area contributed by atoms with Gasteiger partial charge in [-0.15, -0.1) is 0 Å². The largest absolute Gasteiger partial charge is 0.480 e. The van der Waals surface area contributed by atoms with Gasteiger partial charge in [0.25, 0.3) is 0 Å². The third kappa shape index (κ3) is 5.01. The highest BCUT2D eigenvalue weighted by molar-refractivity contribution is 5.83. The van der Waals surface area contributed by atoms with E-state index in [0.717, 1.165) is 32.1 Å². The van der Waals surface area contributed by atoms with Crippen LogP contribution < -0.4 is 0 Å². The first-order valence-corrected chi connectivity index (χ1v) is 8.19. The van der Waals surface area contributed by atoms with Crippen LogP contribution in [0.15, 0.2) is 0 Å². The second kappa shape index (κ2) is 7.28. The molecule has 0 heterocycles. The number of carboxylic acids is 1. The van der Waals surface area contributed by atoms with Gasteiger partial charge in [-0.3, -0.25) is 9.59 Å². The van der Waals surface area contributed by atoms with E-state index in [1.165, 1.54) is 0 Å². The van der Waals surface area contributed by atoms with E-state index in [4.69, 9.17) is 5.11 Å². The molecule has 0 spiro atoms. The molecule has 1 aliphatic carbocycles. The Hall–Kier alpha value is -1.06. The van der Waals surface area contributed by atoms with Gasteiger partial charge in [-0.2, -0.15) is 0 Å². The minimum absolute atomic E-state index is 0.00561. The van der Waals surface area contributed by atoms with E-state index in [1.54, 1.807) is 4.90 Å². The summed E-state index contributed by atoms with van der Waals surface area (Å²) < 4.78 is 0. The van der Waals surface area contributed by atoms with Crippen molar-refractivity contribution in [3.8, 4) is 0 Å². The van der Waals surface area contributed by atoms with Gasteiger partial charge in [0.2, 0.25) is 5.91 Å². The van der Waals surface area contributed by atoms with Crippen molar-refractivity contribution in [3.05, 3.63) is 0 Å². The number of hydrogen-bond acceptors (Lipinski definition) is 2. The fourth-order valence-corrected chi connectivity index (χ4v) is 3.26. The molecule has 1 atom stereocenters. The minimum atomic E-state index is -0.924. The number of aliphatic carboxylic acids is 1. The SMILES string of the molecule is CCC(C)N(CC(=O)O)C(=O)C1CCC(C(C)(C)C)CC1. The van der Waals surface area contributed by atoms with Gasteiger partial charge >= 0.3 is 5.97 Å². The molecular formula is C17H31NO3. The Kier molecular flexibility index (Phi) is 6.24. The molecule has 1 unspecified atom stereocenters. The zero-order chi connectivity index (χ0) is 16.2. The normalized spacial score (nSPS) is 24.4. The number of nitrogens with zero attached hydrogens (tertiary/aromatic N) is 1.